The summed E-state index contributed by atoms with van der Waals surface area (Å²) in [4.78, 5) is 19.3. The third kappa shape index (κ3) is 6.01. The number of carbonyl (C=O) groups is 1. The van der Waals surface area contributed by atoms with Crippen LogP contribution in [0.1, 0.15) is 51.5 Å². The van der Waals surface area contributed by atoms with Crippen molar-refractivity contribution in [1.82, 2.24) is 10.3 Å². The van der Waals surface area contributed by atoms with Crippen LogP contribution < -0.4 is 16.0 Å². The lowest BCUT2D eigenvalue weighted by Gasteiger charge is -2.29. The Morgan fingerprint density at radius 2 is 1.84 bits per heavy atom. The smallest absolute Gasteiger partial charge is 0.227 e. The summed E-state index contributed by atoms with van der Waals surface area (Å²) < 4.78 is 0. The minimum Gasteiger partial charge on any atom is -0.357 e. The van der Waals surface area contributed by atoms with Gasteiger partial charge in [-0.1, -0.05) is 19.9 Å². The molecule has 1 saturated heterocycles. The van der Waals surface area contributed by atoms with Gasteiger partial charge in [-0.15, -0.1) is 24.8 Å². The number of nitrogens with zero attached hydrogens (tertiary/aromatic N) is 2. The van der Waals surface area contributed by atoms with Gasteiger partial charge < -0.3 is 16.0 Å². The fourth-order valence-corrected chi connectivity index (χ4v) is 3.15. The average molecular weight is 391 g/mol. The Balaban J connectivity index is 0.00000288. The van der Waals surface area contributed by atoms with Crippen LogP contribution >= 0.6 is 24.8 Å². The number of rotatable bonds is 7. The molecule has 0 spiro atoms. The van der Waals surface area contributed by atoms with Crippen LogP contribution in [0.3, 0.4) is 0 Å². The van der Waals surface area contributed by atoms with Gasteiger partial charge in [0.2, 0.25) is 5.91 Å². The molecule has 0 radical (unpaired) electrons. The van der Waals surface area contributed by atoms with E-state index >= 15 is 0 Å². The molecular formula is C18H32Cl2N4O. The van der Waals surface area contributed by atoms with E-state index in [0.717, 1.165) is 37.3 Å². The monoisotopic (exact) mass is 390 g/mol. The van der Waals surface area contributed by atoms with E-state index < -0.39 is 5.41 Å². The number of hydrogen-bond acceptors (Lipinski definition) is 4. The van der Waals surface area contributed by atoms with Gasteiger partial charge >= 0.3 is 0 Å². The Kier molecular flexibility index (Phi) is 11.1. The Morgan fingerprint density at radius 3 is 2.32 bits per heavy atom. The van der Waals surface area contributed by atoms with Crippen LogP contribution in [0.5, 0.6) is 0 Å². The summed E-state index contributed by atoms with van der Waals surface area (Å²) in [6, 6.07) is 4.11. The zero-order valence-electron chi connectivity index (χ0n) is 15.3. The van der Waals surface area contributed by atoms with E-state index in [1.54, 1.807) is 0 Å². The lowest BCUT2D eigenvalue weighted by Crippen LogP contribution is -2.45. The van der Waals surface area contributed by atoms with Crippen molar-refractivity contribution in [2.75, 3.05) is 24.5 Å². The fourth-order valence-electron chi connectivity index (χ4n) is 3.15. The number of nitrogens with one attached hydrogen (secondary N) is 1. The number of aromatic nitrogens is 1. The van der Waals surface area contributed by atoms with Crippen LogP contribution in [0.2, 0.25) is 0 Å². The molecule has 1 aromatic rings. The third-order valence-electron chi connectivity index (χ3n) is 5.17. The van der Waals surface area contributed by atoms with Crippen molar-refractivity contribution in [3.63, 3.8) is 0 Å². The zero-order chi connectivity index (χ0) is 16.7. The van der Waals surface area contributed by atoms with Crippen LogP contribution in [0.15, 0.2) is 18.3 Å². The molecule has 2 heterocycles. The number of anilines is 1. The highest BCUT2D eigenvalue weighted by atomic mass is 35.5. The number of nitrogens with two attached hydrogens (primary N) is 1. The minimum atomic E-state index is -0.443. The van der Waals surface area contributed by atoms with Gasteiger partial charge in [-0.25, -0.2) is 4.98 Å². The molecule has 0 unspecified atom stereocenters. The largest absolute Gasteiger partial charge is 0.357 e. The molecule has 2 rings (SSSR count). The number of piperidine rings is 1. The van der Waals surface area contributed by atoms with E-state index in [9.17, 15) is 4.79 Å². The topological polar surface area (TPSA) is 71.2 Å². The normalized spacial score (nSPS) is 14.3. The van der Waals surface area contributed by atoms with Crippen LogP contribution in [-0.2, 0) is 11.3 Å². The van der Waals surface area contributed by atoms with E-state index in [1.165, 1.54) is 19.3 Å². The van der Waals surface area contributed by atoms with E-state index in [1.807, 2.05) is 20.0 Å². The van der Waals surface area contributed by atoms with E-state index in [4.69, 9.17) is 5.73 Å². The van der Waals surface area contributed by atoms with Crippen LogP contribution in [-0.4, -0.2) is 30.5 Å². The summed E-state index contributed by atoms with van der Waals surface area (Å²) in [6.45, 7) is 7.12. The average Bonchev–Trinajstić information content (AvgIpc) is 2.63. The fraction of sp³-hybridized carbons (Fsp3) is 0.667. The summed E-state index contributed by atoms with van der Waals surface area (Å²) in [5.41, 5.74) is 6.40. The summed E-state index contributed by atoms with van der Waals surface area (Å²) in [7, 11) is 0. The number of carbonyl (C=O) groups excluding carboxylic acids is 1. The molecule has 0 saturated carbocycles. The van der Waals surface area contributed by atoms with E-state index in [-0.39, 0.29) is 30.7 Å². The summed E-state index contributed by atoms with van der Waals surface area (Å²) >= 11 is 0. The second-order valence-corrected chi connectivity index (χ2v) is 6.45. The first-order valence-electron chi connectivity index (χ1n) is 8.83. The van der Waals surface area contributed by atoms with Crippen LogP contribution in [0, 0.1) is 5.41 Å². The van der Waals surface area contributed by atoms with Crippen molar-refractivity contribution in [3.05, 3.63) is 23.9 Å². The maximum absolute atomic E-state index is 12.4. The van der Waals surface area contributed by atoms with Gasteiger partial charge in [0.15, 0.2) is 0 Å². The first-order chi connectivity index (χ1) is 11.1. The highest BCUT2D eigenvalue weighted by Crippen LogP contribution is 2.25. The molecule has 5 nitrogen and oxygen atoms in total. The second-order valence-electron chi connectivity index (χ2n) is 6.45. The Hall–Kier alpha value is -1.04. The summed E-state index contributed by atoms with van der Waals surface area (Å²) in [5, 5.41) is 3.02. The predicted octanol–water partition coefficient (Wildman–Crippen LogP) is 3.30. The Morgan fingerprint density at radius 1 is 1.20 bits per heavy atom. The Bertz CT molecular complexity index is 492. The van der Waals surface area contributed by atoms with Crippen LogP contribution in [0.25, 0.3) is 0 Å². The Labute approximate surface area is 164 Å². The molecule has 0 bridgehead atoms. The second kappa shape index (κ2) is 11.6. The molecule has 3 N–H and O–H groups in total. The van der Waals surface area contributed by atoms with Gasteiger partial charge in [0.05, 0.1) is 5.41 Å². The van der Waals surface area contributed by atoms with Gasteiger partial charge in [0, 0.05) is 32.4 Å². The van der Waals surface area contributed by atoms with Gasteiger partial charge in [0.25, 0.3) is 0 Å². The maximum atomic E-state index is 12.4. The summed E-state index contributed by atoms with van der Waals surface area (Å²) in [6.07, 6.45) is 7.20. The molecule has 1 amide bonds. The minimum absolute atomic E-state index is 0. The lowest BCUT2D eigenvalue weighted by molar-refractivity contribution is -0.131. The molecule has 25 heavy (non-hydrogen) atoms. The number of pyridine rings is 1. The SMILES string of the molecule is CCC(CC)(CN)C(=O)NCc1ccc(N2CCCCC2)nc1.Cl.Cl. The number of hydrogen-bond donors (Lipinski definition) is 2. The number of amides is 1. The molecule has 144 valence electrons. The maximum Gasteiger partial charge on any atom is 0.227 e. The van der Waals surface area contributed by atoms with E-state index in [0.29, 0.717) is 13.1 Å². The molecule has 7 heteroatoms. The molecule has 0 atom stereocenters. The third-order valence-corrected chi connectivity index (χ3v) is 5.17. The standard InChI is InChI=1S/C18H30N4O.2ClH/c1-3-18(4-2,14-19)17(23)21-13-15-8-9-16(20-12-15)22-10-6-5-7-11-22;;/h8-9,12H,3-7,10-11,13-14,19H2,1-2H3,(H,21,23);2*1H. The molecule has 0 aromatic carbocycles. The zero-order valence-corrected chi connectivity index (χ0v) is 16.9. The van der Waals surface area contributed by atoms with Crippen molar-refractivity contribution in [1.29, 1.82) is 0 Å². The lowest BCUT2D eigenvalue weighted by atomic mass is 9.81. The molecule has 1 aliphatic rings. The van der Waals surface area contributed by atoms with Gasteiger partial charge in [-0.05, 0) is 43.7 Å². The van der Waals surface area contributed by atoms with E-state index in [2.05, 4.69) is 27.3 Å². The highest BCUT2D eigenvalue weighted by Gasteiger charge is 2.32. The first kappa shape index (κ1) is 24.0. The molecule has 1 aromatic heterocycles. The predicted molar refractivity (Wildman–Crippen MR) is 109 cm³/mol. The van der Waals surface area contributed by atoms with Gasteiger partial charge in [0.1, 0.15) is 5.82 Å². The number of halogens is 2. The van der Waals surface area contributed by atoms with Crippen molar-refractivity contribution in [2.45, 2.75) is 52.5 Å². The molecule has 1 aliphatic heterocycles. The van der Waals surface area contributed by atoms with Gasteiger partial charge in [-0.2, -0.15) is 0 Å². The van der Waals surface area contributed by atoms with Gasteiger partial charge in [-0.3, -0.25) is 4.79 Å². The first-order valence-corrected chi connectivity index (χ1v) is 8.83. The van der Waals surface area contributed by atoms with Crippen molar-refractivity contribution in [3.8, 4) is 0 Å². The van der Waals surface area contributed by atoms with Crippen LogP contribution in [0.4, 0.5) is 5.82 Å². The molecule has 1 fully saturated rings. The summed E-state index contributed by atoms with van der Waals surface area (Å²) in [5.74, 6) is 1.09. The quantitative estimate of drug-likeness (QED) is 0.748. The highest BCUT2D eigenvalue weighted by molar-refractivity contribution is 5.85. The molecular weight excluding hydrogens is 359 g/mol. The van der Waals surface area contributed by atoms with Crippen molar-refractivity contribution in [2.24, 2.45) is 11.1 Å². The molecule has 0 aliphatic carbocycles. The van der Waals surface area contributed by atoms with Crippen molar-refractivity contribution < 1.29 is 4.79 Å². The van der Waals surface area contributed by atoms with Crippen molar-refractivity contribution >= 4 is 36.5 Å².